The van der Waals surface area contributed by atoms with Crippen LogP contribution in [0.1, 0.15) is 44.2 Å². The van der Waals surface area contributed by atoms with E-state index in [1.807, 2.05) is 56.3 Å². The molecule has 1 atom stereocenters. The summed E-state index contributed by atoms with van der Waals surface area (Å²) in [6.07, 6.45) is 1.72. The van der Waals surface area contributed by atoms with Crippen molar-refractivity contribution in [2.24, 2.45) is 0 Å². The van der Waals surface area contributed by atoms with Gasteiger partial charge in [0.1, 0.15) is 11.8 Å². The second-order valence-corrected chi connectivity index (χ2v) is 7.82. The fraction of sp³-hybridized carbons (Fsp3) is 0.417. The summed E-state index contributed by atoms with van der Waals surface area (Å²) in [6, 6.07) is 14.6. The van der Waals surface area contributed by atoms with Crippen LogP contribution in [-0.2, 0) is 16.1 Å². The van der Waals surface area contributed by atoms with E-state index in [1.165, 1.54) is 5.56 Å². The number of aryl methyl sites for hydroxylation is 1. The number of benzene rings is 2. The van der Waals surface area contributed by atoms with Crippen LogP contribution in [0.25, 0.3) is 0 Å². The lowest BCUT2D eigenvalue weighted by atomic mass is 10.1. The summed E-state index contributed by atoms with van der Waals surface area (Å²) in [4.78, 5) is 27.1. The molecule has 0 saturated carbocycles. The highest BCUT2D eigenvalue weighted by Crippen LogP contribution is 2.16. The molecule has 0 aliphatic rings. The zero-order chi connectivity index (χ0) is 21.9. The number of amides is 2. The zero-order valence-corrected chi connectivity index (χ0v) is 18.7. The van der Waals surface area contributed by atoms with E-state index < -0.39 is 6.04 Å². The van der Waals surface area contributed by atoms with Crippen LogP contribution in [0.3, 0.4) is 0 Å². The van der Waals surface area contributed by atoms with E-state index in [1.54, 1.807) is 17.9 Å². The van der Waals surface area contributed by atoms with Gasteiger partial charge in [-0.25, -0.2) is 0 Å². The van der Waals surface area contributed by atoms with E-state index in [2.05, 4.69) is 5.32 Å². The Hall–Kier alpha value is -2.53. The summed E-state index contributed by atoms with van der Waals surface area (Å²) >= 11 is 6.09. The average Bonchev–Trinajstić information content (AvgIpc) is 2.74. The largest absolute Gasteiger partial charge is 0.494 e. The van der Waals surface area contributed by atoms with Crippen molar-refractivity contribution >= 4 is 23.4 Å². The molecule has 0 aromatic heterocycles. The van der Waals surface area contributed by atoms with Crippen molar-refractivity contribution in [1.82, 2.24) is 10.2 Å². The number of carbonyl (C=O) groups is 2. The Labute approximate surface area is 184 Å². The second-order valence-electron chi connectivity index (χ2n) is 7.38. The minimum absolute atomic E-state index is 0.0818. The quantitative estimate of drug-likeness (QED) is 0.523. The van der Waals surface area contributed by atoms with Gasteiger partial charge in [-0.15, -0.1) is 0 Å². The van der Waals surface area contributed by atoms with Gasteiger partial charge in [0.05, 0.1) is 6.61 Å². The molecule has 2 amide bonds. The number of halogens is 1. The maximum absolute atomic E-state index is 13.0. The smallest absolute Gasteiger partial charge is 0.242 e. The Morgan fingerprint density at radius 1 is 1.17 bits per heavy atom. The minimum atomic E-state index is -0.568. The molecule has 162 valence electrons. The molecule has 6 heteroatoms. The van der Waals surface area contributed by atoms with Gasteiger partial charge in [-0.2, -0.15) is 0 Å². The van der Waals surface area contributed by atoms with Crippen LogP contribution < -0.4 is 10.1 Å². The van der Waals surface area contributed by atoms with Crippen molar-refractivity contribution in [3.8, 4) is 5.75 Å². The van der Waals surface area contributed by atoms with E-state index in [0.717, 1.165) is 17.7 Å². The highest BCUT2D eigenvalue weighted by atomic mass is 35.5. The van der Waals surface area contributed by atoms with Crippen molar-refractivity contribution in [2.75, 3.05) is 13.2 Å². The molecule has 1 N–H and O–H groups in total. The van der Waals surface area contributed by atoms with Crippen LogP contribution in [0.15, 0.2) is 48.5 Å². The molecule has 0 heterocycles. The standard InChI is InChI=1S/C24H31ClN2O3/c1-4-14-26-24(29)19(3)27(17-20-7-5-8-21(25)16-20)23(28)9-6-15-30-22-12-10-18(2)11-13-22/h5,7-8,10-13,16,19H,4,6,9,14-15,17H2,1-3H3,(H,26,29)/t19-/m0/s1. The third kappa shape index (κ3) is 7.71. The first-order valence-electron chi connectivity index (χ1n) is 10.4. The molecule has 2 rings (SSSR count). The topological polar surface area (TPSA) is 58.6 Å². The predicted molar refractivity (Wildman–Crippen MR) is 121 cm³/mol. The normalized spacial score (nSPS) is 11.6. The Kier molecular flexibility index (Phi) is 9.68. The van der Waals surface area contributed by atoms with Gasteiger partial charge in [-0.3, -0.25) is 9.59 Å². The summed E-state index contributed by atoms with van der Waals surface area (Å²) in [5.74, 6) is 0.556. The van der Waals surface area contributed by atoms with Crippen LogP contribution in [0.5, 0.6) is 5.75 Å². The van der Waals surface area contributed by atoms with Crippen molar-refractivity contribution < 1.29 is 14.3 Å². The van der Waals surface area contributed by atoms with Gasteiger partial charge in [-0.05, 0) is 56.5 Å². The van der Waals surface area contributed by atoms with E-state index in [-0.39, 0.29) is 11.8 Å². The van der Waals surface area contributed by atoms with Crippen molar-refractivity contribution in [3.63, 3.8) is 0 Å². The lowest BCUT2D eigenvalue weighted by molar-refractivity contribution is -0.140. The maximum atomic E-state index is 13.0. The van der Waals surface area contributed by atoms with E-state index in [0.29, 0.717) is 37.6 Å². The van der Waals surface area contributed by atoms with Gasteiger partial charge in [0, 0.05) is 24.5 Å². The molecule has 2 aromatic carbocycles. The number of hydrogen-bond acceptors (Lipinski definition) is 3. The van der Waals surface area contributed by atoms with Gasteiger partial charge in [-0.1, -0.05) is 48.4 Å². The summed E-state index contributed by atoms with van der Waals surface area (Å²) in [6.45, 7) is 7.14. The number of rotatable bonds is 11. The Balaban J connectivity index is 1.97. The van der Waals surface area contributed by atoms with Crippen molar-refractivity contribution in [3.05, 3.63) is 64.7 Å². The van der Waals surface area contributed by atoms with Crippen LogP contribution >= 0.6 is 11.6 Å². The number of nitrogens with zero attached hydrogens (tertiary/aromatic N) is 1. The minimum Gasteiger partial charge on any atom is -0.494 e. The summed E-state index contributed by atoms with van der Waals surface area (Å²) < 4.78 is 5.72. The molecule has 0 aliphatic carbocycles. The highest BCUT2D eigenvalue weighted by Gasteiger charge is 2.25. The first kappa shape index (κ1) is 23.7. The zero-order valence-electron chi connectivity index (χ0n) is 18.0. The predicted octanol–water partition coefficient (Wildman–Crippen LogP) is 4.75. The molecule has 0 radical (unpaired) electrons. The van der Waals surface area contributed by atoms with Crippen molar-refractivity contribution in [1.29, 1.82) is 0 Å². The first-order chi connectivity index (χ1) is 14.4. The van der Waals surface area contributed by atoms with Crippen LogP contribution in [0, 0.1) is 6.92 Å². The molecule has 2 aromatic rings. The molecule has 0 bridgehead atoms. The summed E-state index contributed by atoms with van der Waals surface area (Å²) in [5.41, 5.74) is 2.06. The molecule has 0 aliphatic heterocycles. The monoisotopic (exact) mass is 430 g/mol. The molecule has 5 nitrogen and oxygen atoms in total. The molecular formula is C24H31ClN2O3. The molecule has 0 spiro atoms. The van der Waals surface area contributed by atoms with E-state index in [4.69, 9.17) is 16.3 Å². The average molecular weight is 431 g/mol. The number of carbonyl (C=O) groups excluding carboxylic acids is 2. The number of ether oxygens (including phenoxy) is 1. The summed E-state index contributed by atoms with van der Waals surface area (Å²) in [5, 5.41) is 3.48. The first-order valence-corrected chi connectivity index (χ1v) is 10.8. The Morgan fingerprint density at radius 3 is 2.57 bits per heavy atom. The lowest BCUT2D eigenvalue weighted by Crippen LogP contribution is -2.47. The molecule has 0 unspecified atom stereocenters. The fourth-order valence-electron chi connectivity index (χ4n) is 3.00. The van der Waals surface area contributed by atoms with E-state index in [9.17, 15) is 9.59 Å². The third-order valence-corrected chi connectivity index (χ3v) is 5.02. The van der Waals surface area contributed by atoms with Gasteiger partial charge < -0.3 is 15.0 Å². The third-order valence-electron chi connectivity index (χ3n) is 4.78. The summed E-state index contributed by atoms with van der Waals surface area (Å²) in [7, 11) is 0. The van der Waals surface area contributed by atoms with Crippen LogP contribution in [0.2, 0.25) is 5.02 Å². The molecule has 30 heavy (non-hydrogen) atoms. The Morgan fingerprint density at radius 2 is 1.90 bits per heavy atom. The molecule has 0 saturated heterocycles. The SMILES string of the molecule is CCCNC(=O)[C@H](C)N(Cc1cccc(Cl)c1)C(=O)CCCOc1ccc(C)cc1. The number of hydrogen-bond donors (Lipinski definition) is 1. The van der Waals surface area contributed by atoms with Gasteiger partial charge in [0.2, 0.25) is 11.8 Å². The highest BCUT2D eigenvalue weighted by molar-refractivity contribution is 6.30. The fourth-order valence-corrected chi connectivity index (χ4v) is 3.21. The van der Waals surface area contributed by atoms with E-state index >= 15 is 0 Å². The number of nitrogens with one attached hydrogen (secondary N) is 1. The molecular weight excluding hydrogens is 400 g/mol. The lowest BCUT2D eigenvalue weighted by Gasteiger charge is -2.29. The van der Waals surface area contributed by atoms with Crippen molar-refractivity contribution in [2.45, 2.75) is 52.6 Å². The van der Waals surface area contributed by atoms with Crippen LogP contribution in [-0.4, -0.2) is 35.9 Å². The molecule has 0 fully saturated rings. The van der Waals surface area contributed by atoms with Gasteiger partial charge in [0.15, 0.2) is 0 Å². The van der Waals surface area contributed by atoms with Gasteiger partial charge in [0.25, 0.3) is 0 Å². The maximum Gasteiger partial charge on any atom is 0.242 e. The second kappa shape index (κ2) is 12.2. The van der Waals surface area contributed by atoms with Crippen LogP contribution in [0.4, 0.5) is 0 Å². The Bertz CT molecular complexity index is 823. The van der Waals surface area contributed by atoms with Gasteiger partial charge >= 0.3 is 0 Å².